The van der Waals surface area contributed by atoms with Crippen LogP contribution in [0.25, 0.3) is 0 Å². The molecule has 0 aliphatic carbocycles. The summed E-state index contributed by atoms with van der Waals surface area (Å²) in [6.45, 7) is 6.61. The number of rotatable bonds is 3. The Bertz CT molecular complexity index is 258. The summed E-state index contributed by atoms with van der Waals surface area (Å²) in [5.74, 6) is 0.657. The summed E-state index contributed by atoms with van der Waals surface area (Å²) < 4.78 is 0.810. The van der Waals surface area contributed by atoms with Crippen LogP contribution in [0, 0.1) is 11.1 Å². The topological polar surface area (TPSA) is 26.9 Å². The summed E-state index contributed by atoms with van der Waals surface area (Å²) in [6.07, 6.45) is 3.07. The molecule has 0 spiro atoms. The zero-order valence-electron chi connectivity index (χ0n) is 8.23. The van der Waals surface area contributed by atoms with E-state index in [4.69, 9.17) is 0 Å². The third-order valence-corrected chi connectivity index (χ3v) is 3.49. The first-order chi connectivity index (χ1) is 6.09. The highest BCUT2D eigenvalue weighted by atomic mass is 32.2. The number of hydrogen-bond acceptors (Lipinski definition) is 2. The predicted molar refractivity (Wildman–Crippen MR) is 55.6 cm³/mol. The van der Waals surface area contributed by atoms with Gasteiger partial charge in [-0.1, -0.05) is 20.8 Å². The van der Waals surface area contributed by atoms with Gasteiger partial charge < -0.3 is 5.21 Å². The number of thioether (sulfide) groups is 1. The first-order valence-corrected chi connectivity index (χ1v) is 5.33. The van der Waals surface area contributed by atoms with E-state index in [2.05, 4.69) is 20.8 Å². The lowest BCUT2D eigenvalue weighted by molar-refractivity contribution is -0.605. The Morgan fingerprint density at radius 3 is 2.23 bits per heavy atom. The Hall–Kier alpha value is -0.700. The van der Waals surface area contributed by atoms with E-state index in [1.54, 1.807) is 0 Å². The minimum Gasteiger partial charge on any atom is -0.619 e. The highest BCUT2D eigenvalue weighted by molar-refractivity contribution is 8.00. The van der Waals surface area contributed by atoms with Crippen molar-refractivity contribution in [1.82, 2.24) is 0 Å². The van der Waals surface area contributed by atoms with Gasteiger partial charge in [-0.2, -0.15) is 4.73 Å². The number of pyridine rings is 1. The van der Waals surface area contributed by atoms with Crippen LogP contribution in [0.3, 0.4) is 0 Å². The lowest BCUT2D eigenvalue weighted by atomic mass is 10.2. The number of nitrogens with zero attached hydrogens (tertiary/aromatic N) is 1. The van der Waals surface area contributed by atoms with Crippen LogP contribution in [-0.2, 0) is 0 Å². The maximum Gasteiger partial charge on any atom is 0.181 e. The van der Waals surface area contributed by atoms with Gasteiger partial charge in [0, 0.05) is 22.3 Å². The molecule has 1 heterocycles. The molecule has 13 heavy (non-hydrogen) atoms. The van der Waals surface area contributed by atoms with Crippen molar-refractivity contribution in [2.24, 2.45) is 5.92 Å². The van der Waals surface area contributed by atoms with Crippen molar-refractivity contribution in [2.75, 3.05) is 0 Å². The van der Waals surface area contributed by atoms with Gasteiger partial charge in [0.25, 0.3) is 0 Å². The average molecular weight is 197 g/mol. The van der Waals surface area contributed by atoms with Crippen molar-refractivity contribution in [2.45, 2.75) is 30.9 Å². The summed E-state index contributed by atoms with van der Waals surface area (Å²) in [7, 11) is 0. The molecule has 0 bridgehead atoms. The van der Waals surface area contributed by atoms with E-state index >= 15 is 0 Å². The first-order valence-electron chi connectivity index (χ1n) is 4.45. The largest absolute Gasteiger partial charge is 0.619 e. The summed E-state index contributed by atoms with van der Waals surface area (Å²) in [6, 6.07) is 3.72. The van der Waals surface area contributed by atoms with E-state index in [-0.39, 0.29) is 0 Å². The molecule has 0 aliphatic rings. The standard InChI is InChI=1S/C10H15NOS/c1-8(2)9(3)13-10-4-6-11(12)7-5-10/h4-9H,1-3H3/t9-/m0/s1. The molecule has 0 fully saturated rings. The molecule has 2 nitrogen and oxygen atoms in total. The van der Waals surface area contributed by atoms with Gasteiger partial charge in [0.05, 0.1) is 0 Å². The Balaban J connectivity index is 2.59. The number of hydrogen-bond donors (Lipinski definition) is 0. The van der Waals surface area contributed by atoms with Crippen LogP contribution in [-0.4, -0.2) is 5.25 Å². The fourth-order valence-corrected chi connectivity index (χ4v) is 1.81. The zero-order valence-corrected chi connectivity index (χ0v) is 9.04. The maximum atomic E-state index is 10.7. The lowest BCUT2D eigenvalue weighted by Gasteiger charge is -2.14. The molecule has 1 rings (SSSR count). The Morgan fingerprint density at radius 2 is 1.77 bits per heavy atom. The summed E-state index contributed by atoms with van der Waals surface area (Å²) in [5.41, 5.74) is 0. The highest BCUT2D eigenvalue weighted by Gasteiger charge is 2.08. The van der Waals surface area contributed by atoms with Crippen molar-refractivity contribution in [3.63, 3.8) is 0 Å². The van der Waals surface area contributed by atoms with Gasteiger partial charge in [-0.25, -0.2) is 0 Å². The van der Waals surface area contributed by atoms with E-state index in [1.807, 2.05) is 23.9 Å². The normalized spacial score (nSPS) is 13.2. The molecule has 72 valence electrons. The average Bonchev–Trinajstić information content (AvgIpc) is 2.08. The molecule has 0 aromatic carbocycles. The van der Waals surface area contributed by atoms with E-state index in [0.29, 0.717) is 11.2 Å². The Kier molecular flexibility index (Phi) is 3.60. The Labute approximate surface area is 83.6 Å². The molecule has 1 aromatic heterocycles. The Morgan fingerprint density at radius 1 is 1.23 bits per heavy atom. The van der Waals surface area contributed by atoms with Crippen LogP contribution in [0.4, 0.5) is 0 Å². The van der Waals surface area contributed by atoms with Crippen LogP contribution in [0.5, 0.6) is 0 Å². The molecule has 0 N–H and O–H groups in total. The van der Waals surface area contributed by atoms with Crippen LogP contribution >= 0.6 is 11.8 Å². The second kappa shape index (κ2) is 4.51. The van der Waals surface area contributed by atoms with E-state index in [1.165, 1.54) is 12.4 Å². The molecule has 1 aromatic rings. The molecule has 0 saturated carbocycles. The maximum absolute atomic E-state index is 10.7. The van der Waals surface area contributed by atoms with Crippen molar-refractivity contribution in [3.05, 3.63) is 29.7 Å². The van der Waals surface area contributed by atoms with Crippen molar-refractivity contribution < 1.29 is 4.73 Å². The monoisotopic (exact) mass is 197 g/mol. The summed E-state index contributed by atoms with van der Waals surface area (Å²) >= 11 is 1.81. The van der Waals surface area contributed by atoms with E-state index in [9.17, 15) is 5.21 Å². The third-order valence-electron chi connectivity index (χ3n) is 2.03. The van der Waals surface area contributed by atoms with Gasteiger partial charge in [0.1, 0.15) is 0 Å². The second-order valence-electron chi connectivity index (χ2n) is 3.46. The van der Waals surface area contributed by atoms with Crippen LogP contribution in [0.2, 0.25) is 0 Å². The molecular formula is C10H15NOS. The van der Waals surface area contributed by atoms with E-state index < -0.39 is 0 Å². The fourth-order valence-electron chi connectivity index (χ4n) is 0.828. The highest BCUT2D eigenvalue weighted by Crippen LogP contribution is 2.26. The molecule has 0 saturated heterocycles. The molecule has 0 unspecified atom stereocenters. The minimum absolute atomic E-state index is 0.586. The molecule has 1 atom stereocenters. The van der Waals surface area contributed by atoms with Crippen molar-refractivity contribution in [3.8, 4) is 0 Å². The SMILES string of the molecule is CC(C)[C@H](C)Sc1cc[n+]([O-])cc1. The molecule has 0 radical (unpaired) electrons. The van der Waals surface area contributed by atoms with Crippen molar-refractivity contribution in [1.29, 1.82) is 0 Å². The summed E-state index contributed by atoms with van der Waals surface area (Å²) in [5, 5.41) is 11.3. The molecule has 0 aliphatic heterocycles. The quantitative estimate of drug-likeness (QED) is 0.423. The third kappa shape index (κ3) is 3.27. The second-order valence-corrected chi connectivity index (χ2v) is 4.91. The predicted octanol–water partition coefficient (Wildman–Crippen LogP) is 2.46. The lowest BCUT2D eigenvalue weighted by Crippen LogP contribution is -2.23. The summed E-state index contributed by atoms with van der Waals surface area (Å²) in [4.78, 5) is 1.16. The van der Waals surface area contributed by atoms with Crippen molar-refractivity contribution >= 4 is 11.8 Å². The van der Waals surface area contributed by atoms with Crippen LogP contribution in [0.1, 0.15) is 20.8 Å². The smallest absolute Gasteiger partial charge is 0.181 e. The zero-order chi connectivity index (χ0) is 9.84. The van der Waals surface area contributed by atoms with Gasteiger partial charge in [-0.3, -0.25) is 0 Å². The molecule has 3 heteroatoms. The van der Waals surface area contributed by atoms with Crippen LogP contribution in [0.15, 0.2) is 29.4 Å². The fraction of sp³-hybridized carbons (Fsp3) is 0.500. The van der Waals surface area contributed by atoms with Gasteiger partial charge >= 0.3 is 0 Å². The molecule has 0 amide bonds. The van der Waals surface area contributed by atoms with E-state index in [0.717, 1.165) is 9.63 Å². The molecular weight excluding hydrogens is 182 g/mol. The van der Waals surface area contributed by atoms with Gasteiger partial charge in [-0.15, -0.1) is 11.8 Å². The van der Waals surface area contributed by atoms with Gasteiger partial charge in [0.15, 0.2) is 12.4 Å². The van der Waals surface area contributed by atoms with Gasteiger partial charge in [-0.05, 0) is 5.92 Å². The first kappa shape index (κ1) is 10.4. The van der Waals surface area contributed by atoms with Crippen LogP contribution < -0.4 is 4.73 Å². The minimum atomic E-state index is 0.586. The van der Waals surface area contributed by atoms with Gasteiger partial charge in [0.2, 0.25) is 0 Å². The number of aromatic nitrogens is 1.